The number of carbonyl (C=O) groups excluding carboxylic acids is 2. The van der Waals surface area contributed by atoms with Crippen molar-refractivity contribution >= 4 is 21.8 Å². The Morgan fingerprint density at radius 3 is 2.27 bits per heavy atom. The molecule has 0 spiro atoms. The van der Waals surface area contributed by atoms with E-state index in [1.54, 1.807) is 19.1 Å². The van der Waals surface area contributed by atoms with Crippen molar-refractivity contribution in [2.24, 2.45) is 0 Å². The molecule has 0 aliphatic heterocycles. The van der Waals surface area contributed by atoms with Gasteiger partial charge in [-0.25, -0.2) is 21.5 Å². The van der Waals surface area contributed by atoms with Crippen LogP contribution < -0.4 is 10.6 Å². The van der Waals surface area contributed by atoms with Gasteiger partial charge in [0.1, 0.15) is 11.6 Å². The van der Waals surface area contributed by atoms with Crippen molar-refractivity contribution in [2.75, 3.05) is 20.6 Å². The Hall–Kier alpha value is -2.85. The molecule has 0 radical (unpaired) electrons. The van der Waals surface area contributed by atoms with Crippen molar-refractivity contribution in [3.8, 4) is 0 Å². The Bertz CT molecular complexity index is 1020. The zero-order valence-corrected chi connectivity index (χ0v) is 17.6. The fourth-order valence-electron chi connectivity index (χ4n) is 2.59. The maximum atomic E-state index is 13.6. The minimum Gasteiger partial charge on any atom is -0.351 e. The van der Waals surface area contributed by atoms with E-state index in [1.165, 1.54) is 26.2 Å². The van der Waals surface area contributed by atoms with Crippen LogP contribution in [0.5, 0.6) is 0 Å². The molecule has 30 heavy (non-hydrogen) atoms. The SMILES string of the molecule is CC(NC(=O)CCNC(=O)c1ccc(F)cc1F)c1ccc(S(=O)(=O)N(C)C)cc1. The summed E-state index contributed by atoms with van der Waals surface area (Å²) < 4.78 is 51.7. The van der Waals surface area contributed by atoms with Gasteiger partial charge in [-0.1, -0.05) is 12.1 Å². The van der Waals surface area contributed by atoms with Gasteiger partial charge in [-0.2, -0.15) is 0 Å². The number of hydrogen-bond donors (Lipinski definition) is 2. The molecule has 0 bridgehead atoms. The highest BCUT2D eigenvalue weighted by Crippen LogP contribution is 2.18. The number of rotatable bonds is 8. The van der Waals surface area contributed by atoms with Gasteiger partial charge in [0.25, 0.3) is 5.91 Å². The first-order valence-electron chi connectivity index (χ1n) is 9.07. The van der Waals surface area contributed by atoms with Crippen molar-refractivity contribution in [3.05, 3.63) is 65.2 Å². The summed E-state index contributed by atoms with van der Waals surface area (Å²) in [6.07, 6.45) is -0.0496. The van der Waals surface area contributed by atoms with Gasteiger partial charge in [-0.15, -0.1) is 0 Å². The normalized spacial score (nSPS) is 12.5. The Morgan fingerprint density at radius 1 is 1.07 bits per heavy atom. The molecule has 0 saturated heterocycles. The number of hydrogen-bond acceptors (Lipinski definition) is 4. The van der Waals surface area contributed by atoms with Gasteiger partial charge in [0.15, 0.2) is 0 Å². The molecule has 0 aromatic heterocycles. The smallest absolute Gasteiger partial charge is 0.254 e. The summed E-state index contributed by atoms with van der Waals surface area (Å²) in [6.45, 7) is 1.70. The third-order valence-electron chi connectivity index (χ3n) is 4.35. The van der Waals surface area contributed by atoms with E-state index >= 15 is 0 Å². The van der Waals surface area contributed by atoms with E-state index in [0.29, 0.717) is 11.6 Å². The quantitative estimate of drug-likeness (QED) is 0.659. The average Bonchev–Trinajstić information content (AvgIpc) is 2.67. The molecule has 10 heteroatoms. The molecule has 2 aromatic carbocycles. The minimum atomic E-state index is -3.53. The van der Waals surface area contributed by atoms with Crippen molar-refractivity contribution in [1.29, 1.82) is 0 Å². The van der Waals surface area contributed by atoms with E-state index in [9.17, 15) is 26.8 Å². The third kappa shape index (κ3) is 5.83. The van der Waals surface area contributed by atoms with Crippen LogP contribution in [0.1, 0.15) is 35.3 Å². The van der Waals surface area contributed by atoms with Crippen LogP contribution >= 0.6 is 0 Å². The van der Waals surface area contributed by atoms with Crippen molar-refractivity contribution in [2.45, 2.75) is 24.3 Å². The number of sulfonamides is 1. The van der Waals surface area contributed by atoms with Gasteiger partial charge in [0.05, 0.1) is 16.5 Å². The Balaban J connectivity index is 1.86. The van der Waals surface area contributed by atoms with Crippen LogP contribution in [0.25, 0.3) is 0 Å². The van der Waals surface area contributed by atoms with Crippen LogP contribution in [0.4, 0.5) is 8.78 Å². The molecule has 2 N–H and O–H groups in total. The molecule has 2 amide bonds. The van der Waals surface area contributed by atoms with Crippen molar-refractivity contribution < 1.29 is 26.8 Å². The van der Waals surface area contributed by atoms with Gasteiger partial charge >= 0.3 is 0 Å². The summed E-state index contributed by atoms with van der Waals surface area (Å²) in [5, 5.41) is 5.14. The molecule has 0 saturated carbocycles. The first kappa shape index (κ1) is 23.4. The zero-order valence-electron chi connectivity index (χ0n) is 16.8. The number of halogens is 2. The van der Waals surface area contributed by atoms with E-state index in [4.69, 9.17) is 0 Å². The molecule has 0 aliphatic carbocycles. The second-order valence-electron chi connectivity index (χ2n) is 6.78. The lowest BCUT2D eigenvalue weighted by Gasteiger charge is -2.16. The first-order valence-corrected chi connectivity index (χ1v) is 10.5. The molecule has 0 aliphatic rings. The maximum absolute atomic E-state index is 13.6. The van der Waals surface area contributed by atoms with Crippen molar-refractivity contribution in [1.82, 2.24) is 14.9 Å². The molecule has 1 unspecified atom stereocenters. The first-order chi connectivity index (χ1) is 14.0. The summed E-state index contributed by atoms with van der Waals surface area (Å²) in [5.74, 6) is -2.87. The molecular weight excluding hydrogens is 416 g/mol. The second kappa shape index (κ2) is 9.77. The monoisotopic (exact) mass is 439 g/mol. The van der Waals surface area contributed by atoms with E-state index in [0.717, 1.165) is 16.4 Å². The number of amides is 2. The van der Waals surface area contributed by atoms with Gasteiger partial charge in [-0.05, 0) is 36.8 Å². The lowest BCUT2D eigenvalue weighted by Crippen LogP contribution is -2.32. The Morgan fingerprint density at radius 2 is 1.70 bits per heavy atom. The lowest BCUT2D eigenvalue weighted by atomic mass is 10.1. The fraction of sp³-hybridized carbons (Fsp3) is 0.300. The number of nitrogens with zero attached hydrogens (tertiary/aromatic N) is 1. The number of benzene rings is 2. The van der Waals surface area contributed by atoms with E-state index in [-0.39, 0.29) is 35.4 Å². The Labute approximate surface area is 174 Å². The summed E-state index contributed by atoms with van der Waals surface area (Å²) in [7, 11) is -0.653. The number of carbonyl (C=O) groups is 2. The third-order valence-corrected chi connectivity index (χ3v) is 6.18. The van der Waals surface area contributed by atoms with Gasteiger partial charge in [-0.3, -0.25) is 9.59 Å². The van der Waals surface area contributed by atoms with Crippen LogP contribution in [0.15, 0.2) is 47.4 Å². The highest BCUT2D eigenvalue weighted by Gasteiger charge is 2.18. The van der Waals surface area contributed by atoms with Crippen molar-refractivity contribution in [3.63, 3.8) is 0 Å². The van der Waals surface area contributed by atoms with E-state index in [2.05, 4.69) is 10.6 Å². The molecule has 162 valence electrons. The summed E-state index contributed by atoms with van der Waals surface area (Å²) >= 11 is 0. The van der Waals surface area contributed by atoms with Gasteiger partial charge in [0, 0.05) is 33.1 Å². The fourth-order valence-corrected chi connectivity index (χ4v) is 3.50. The predicted octanol–water partition coefficient (Wildman–Crippen LogP) is 2.21. The molecule has 7 nitrogen and oxygen atoms in total. The molecule has 2 rings (SSSR count). The molecular formula is C20H23F2N3O4S. The van der Waals surface area contributed by atoms with Crippen LogP contribution in [-0.4, -0.2) is 45.2 Å². The van der Waals surface area contributed by atoms with E-state index < -0.39 is 27.6 Å². The highest BCUT2D eigenvalue weighted by molar-refractivity contribution is 7.89. The summed E-state index contributed by atoms with van der Waals surface area (Å²) in [5.41, 5.74) is 0.399. The maximum Gasteiger partial charge on any atom is 0.254 e. The molecule has 2 aromatic rings. The zero-order chi connectivity index (χ0) is 22.5. The van der Waals surface area contributed by atoms with Gasteiger partial charge < -0.3 is 10.6 Å². The van der Waals surface area contributed by atoms with Gasteiger partial charge in [0.2, 0.25) is 15.9 Å². The molecule has 0 heterocycles. The minimum absolute atomic E-state index is 0.0335. The Kier molecular flexibility index (Phi) is 7.63. The largest absolute Gasteiger partial charge is 0.351 e. The standard InChI is InChI=1S/C20H23F2N3O4S/c1-13(14-4-7-16(8-5-14)30(28,29)25(2)3)24-19(26)10-11-23-20(27)17-9-6-15(21)12-18(17)22/h4-9,12-13H,10-11H2,1-3H3,(H,23,27)(H,24,26). The van der Waals surface area contributed by atoms with Crippen LogP contribution in [0, 0.1) is 11.6 Å². The second-order valence-corrected chi connectivity index (χ2v) is 8.93. The molecule has 1 atom stereocenters. The van der Waals surface area contributed by atoms with Crippen LogP contribution in [0.3, 0.4) is 0 Å². The topological polar surface area (TPSA) is 95.6 Å². The number of nitrogens with one attached hydrogen (secondary N) is 2. The summed E-state index contributed by atoms with van der Waals surface area (Å²) in [6, 6.07) is 8.37. The predicted molar refractivity (Wildman–Crippen MR) is 107 cm³/mol. The average molecular weight is 439 g/mol. The molecule has 0 fully saturated rings. The van der Waals surface area contributed by atoms with Crippen LogP contribution in [0.2, 0.25) is 0 Å². The highest BCUT2D eigenvalue weighted by atomic mass is 32.2. The van der Waals surface area contributed by atoms with E-state index in [1.807, 2.05) is 0 Å². The lowest BCUT2D eigenvalue weighted by molar-refractivity contribution is -0.121. The summed E-state index contributed by atoms with van der Waals surface area (Å²) in [4.78, 5) is 24.1. The van der Waals surface area contributed by atoms with Crippen LogP contribution in [-0.2, 0) is 14.8 Å².